The Morgan fingerprint density at radius 3 is 0.895 bits per heavy atom. The van der Waals surface area contributed by atoms with Gasteiger partial charge in [-0.3, -0.25) is 13.6 Å². The second-order valence-electron chi connectivity index (χ2n) is 8.86. The van der Waals surface area contributed by atoms with Gasteiger partial charge in [-0.05, 0) is 0 Å². The fraction of sp³-hybridized carbons (Fsp3) is 1.00. The highest BCUT2D eigenvalue weighted by molar-refractivity contribution is 7.48. The lowest BCUT2D eigenvalue weighted by molar-refractivity contribution is -0.311. The molecule has 0 aromatic rings. The summed E-state index contributed by atoms with van der Waals surface area (Å²) in [4.78, 5) is 0. The Kier molecular flexibility index (Phi) is 11.0. The van der Waals surface area contributed by atoms with Crippen molar-refractivity contribution in [3.05, 3.63) is 0 Å². The van der Waals surface area contributed by atoms with Gasteiger partial charge in [-0.25, -0.2) is 4.57 Å². The molecule has 3 saturated heterocycles. The van der Waals surface area contributed by atoms with E-state index in [1.807, 2.05) is 0 Å². The first-order valence-corrected chi connectivity index (χ1v) is 12.8. The van der Waals surface area contributed by atoms with Crippen LogP contribution in [0.25, 0.3) is 0 Å². The van der Waals surface area contributed by atoms with Crippen molar-refractivity contribution >= 4 is 7.82 Å². The van der Waals surface area contributed by atoms with Crippen molar-refractivity contribution in [3.63, 3.8) is 0 Å². The van der Waals surface area contributed by atoms with Crippen molar-refractivity contribution in [3.8, 4) is 0 Å². The molecule has 3 unspecified atom stereocenters. The summed E-state index contributed by atoms with van der Waals surface area (Å²) in [5, 5.41) is 119. The molecule has 3 aliphatic rings. The van der Waals surface area contributed by atoms with Crippen molar-refractivity contribution in [1.29, 1.82) is 0 Å². The van der Waals surface area contributed by atoms with Crippen molar-refractivity contribution in [1.82, 2.24) is 0 Å². The van der Waals surface area contributed by atoms with Gasteiger partial charge in [-0.15, -0.1) is 0 Å². The molecule has 3 rings (SSSR count). The van der Waals surface area contributed by atoms with E-state index in [2.05, 4.69) is 0 Å². The van der Waals surface area contributed by atoms with Crippen molar-refractivity contribution in [2.75, 3.05) is 19.8 Å². The minimum atomic E-state index is -5.46. The molecule has 0 aromatic carbocycles. The third-order valence-corrected chi connectivity index (χ3v) is 7.64. The zero-order chi connectivity index (χ0) is 28.5. The molecule has 20 heteroatoms. The molecule has 3 fully saturated rings. The molecule has 38 heavy (non-hydrogen) atoms. The number of ether oxygens (including phenoxy) is 3. The SMILES string of the molecule is O=P(OC1O[C@H](CO)[C@H](O)[C@H](O)[C@@H]1O)(OC1O[C@H](CO)[C@H](O)[C@H](O)[C@@H]1O)OC1O[C@H](CO)[C@H](O)[C@H](O)[C@@H]1O. The fourth-order valence-electron chi connectivity index (χ4n) is 3.92. The van der Waals surface area contributed by atoms with Gasteiger partial charge in [0.15, 0.2) is 18.9 Å². The third-order valence-electron chi connectivity index (χ3n) is 6.24. The molecular weight excluding hydrogens is 551 g/mol. The van der Waals surface area contributed by atoms with Gasteiger partial charge in [0.2, 0.25) is 0 Å². The second kappa shape index (κ2) is 13.0. The van der Waals surface area contributed by atoms with Gasteiger partial charge in [0.25, 0.3) is 0 Å². The molecule has 3 heterocycles. The highest BCUT2D eigenvalue weighted by Gasteiger charge is 2.54. The third kappa shape index (κ3) is 6.52. The molecule has 0 bridgehead atoms. The number of phosphoric acid groups is 1. The van der Waals surface area contributed by atoms with E-state index in [0.717, 1.165) is 0 Å². The fourth-order valence-corrected chi connectivity index (χ4v) is 5.36. The van der Waals surface area contributed by atoms with Gasteiger partial charge in [0.1, 0.15) is 73.2 Å². The maximum atomic E-state index is 13.7. The van der Waals surface area contributed by atoms with E-state index in [4.69, 9.17) is 27.8 Å². The average Bonchev–Trinajstić information content (AvgIpc) is 2.89. The minimum Gasteiger partial charge on any atom is -0.394 e. The van der Waals surface area contributed by atoms with Crippen LogP contribution in [0.1, 0.15) is 0 Å². The van der Waals surface area contributed by atoms with Gasteiger partial charge in [-0.1, -0.05) is 0 Å². The van der Waals surface area contributed by atoms with Gasteiger partial charge < -0.3 is 75.5 Å². The Morgan fingerprint density at radius 1 is 0.447 bits per heavy atom. The Bertz CT molecular complexity index is 700. The smallest absolute Gasteiger partial charge is 0.394 e. The van der Waals surface area contributed by atoms with Gasteiger partial charge in [0.05, 0.1) is 19.8 Å². The number of aliphatic hydroxyl groups excluding tert-OH is 12. The molecule has 224 valence electrons. The van der Waals surface area contributed by atoms with Crippen LogP contribution in [-0.4, -0.2) is 173 Å². The van der Waals surface area contributed by atoms with Gasteiger partial charge >= 0.3 is 7.82 Å². The highest BCUT2D eigenvalue weighted by atomic mass is 31.2. The van der Waals surface area contributed by atoms with Crippen LogP contribution >= 0.6 is 7.82 Å². The number of hydrogen-bond acceptors (Lipinski definition) is 19. The first-order valence-electron chi connectivity index (χ1n) is 11.3. The normalized spacial score (nSPS) is 49.9. The maximum Gasteiger partial charge on any atom is 0.482 e. The van der Waals surface area contributed by atoms with Crippen LogP contribution < -0.4 is 0 Å². The van der Waals surface area contributed by atoms with E-state index in [1.165, 1.54) is 0 Å². The van der Waals surface area contributed by atoms with E-state index in [1.54, 1.807) is 0 Å². The Balaban J connectivity index is 1.91. The summed E-state index contributed by atoms with van der Waals surface area (Å²) in [6, 6.07) is 0. The molecule has 19 nitrogen and oxygen atoms in total. The predicted molar refractivity (Wildman–Crippen MR) is 112 cm³/mol. The first kappa shape index (κ1) is 32.0. The monoisotopic (exact) mass is 584 g/mol. The lowest BCUT2D eigenvalue weighted by atomic mass is 9.99. The zero-order valence-corrected chi connectivity index (χ0v) is 20.3. The lowest BCUT2D eigenvalue weighted by Gasteiger charge is -2.44. The lowest BCUT2D eigenvalue weighted by Crippen LogP contribution is -2.60. The Morgan fingerprint density at radius 2 is 0.684 bits per heavy atom. The van der Waals surface area contributed by atoms with E-state index >= 15 is 0 Å². The average molecular weight is 584 g/mol. The van der Waals surface area contributed by atoms with Crippen LogP contribution in [0, 0.1) is 0 Å². The van der Waals surface area contributed by atoms with E-state index in [0.29, 0.717) is 0 Å². The Hall–Kier alpha value is -0.490. The van der Waals surface area contributed by atoms with Crippen LogP contribution in [0.5, 0.6) is 0 Å². The molecule has 0 aliphatic carbocycles. The van der Waals surface area contributed by atoms with Crippen LogP contribution in [0.3, 0.4) is 0 Å². The summed E-state index contributed by atoms with van der Waals surface area (Å²) in [5.41, 5.74) is 0. The van der Waals surface area contributed by atoms with Crippen molar-refractivity contribution < 1.29 is 93.6 Å². The summed E-state index contributed by atoms with van der Waals surface area (Å²) in [6.45, 7) is -2.76. The summed E-state index contributed by atoms with van der Waals surface area (Å²) >= 11 is 0. The molecule has 0 spiro atoms. The highest BCUT2D eigenvalue weighted by Crippen LogP contribution is 2.56. The summed E-state index contributed by atoms with van der Waals surface area (Å²) in [5.74, 6) is 0. The van der Waals surface area contributed by atoms with Gasteiger partial charge in [0, 0.05) is 0 Å². The number of aliphatic hydroxyl groups is 12. The largest absolute Gasteiger partial charge is 0.482 e. The number of hydrogen-bond donors (Lipinski definition) is 12. The summed E-state index contributed by atoms with van der Waals surface area (Å²) in [6.07, 6.45) is -29.5. The molecule has 0 saturated carbocycles. The quantitative estimate of drug-likeness (QED) is 0.112. The molecule has 0 aromatic heterocycles. The summed E-state index contributed by atoms with van der Waals surface area (Å²) in [7, 11) is -5.46. The number of rotatable bonds is 9. The topological polar surface area (TPSA) is 315 Å². The van der Waals surface area contributed by atoms with Gasteiger partial charge in [-0.2, -0.15) is 0 Å². The standard InChI is InChI=1S/C18H33O19P/c19-1-4-7(22)10(25)13(28)16(32-4)35-38(31,36-17-14(29)11(26)8(23)5(2-20)33-17)37-18-15(30)12(27)9(24)6(3-21)34-18/h4-30H,1-3H2/t4-,5-,6-,7+,8+,9+,10+,11+,12+,13+,14+,15+,16?,17?,18?,38?/m1/s1. The maximum absolute atomic E-state index is 13.7. The second-order valence-corrected chi connectivity index (χ2v) is 10.4. The molecule has 0 radical (unpaired) electrons. The molecule has 3 aliphatic heterocycles. The number of phosphoric ester groups is 1. The van der Waals surface area contributed by atoms with Crippen LogP contribution in [0.4, 0.5) is 0 Å². The van der Waals surface area contributed by atoms with E-state index in [9.17, 15) is 65.8 Å². The first-order chi connectivity index (χ1) is 17.8. The van der Waals surface area contributed by atoms with Crippen LogP contribution in [0.15, 0.2) is 0 Å². The molecule has 0 amide bonds. The zero-order valence-electron chi connectivity index (χ0n) is 19.5. The predicted octanol–water partition coefficient (Wildman–Crippen LogP) is -7.46. The van der Waals surface area contributed by atoms with Crippen LogP contribution in [-0.2, 0) is 32.3 Å². The molecule has 15 atom stereocenters. The van der Waals surface area contributed by atoms with Crippen molar-refractivity contribution in [2.24, 2.45) is 0 Å². The van der Waals surface area contributed by atoms with Crippen molar-refractivity contribution in [2.45, 2.75) is 92.1 Å². The Labute approximate surface area is 214 Å². The summed E-state index contributed by atoms with van der Waals surface area (Å²) < 4.78 is 44.2. The molecular formula is C18H33O19P. The minimum absolute atomic E-state index is 0.920. The van der Waals surface area contributed by atoms with E-state index in [-0.39, 0.29) is 0 Å². The van der Waals surface area contributed by atoms with Crippen LogP contribution in [0.2, 0.25) is 0 Å². The van der Waals surface area contributed by atoms with E-state index < -0.39 is 120 Å². The molecule has 12 N–H and O–H groups in total.